The van der Waals surface area contributed by atoms with Crippen molar-refractivity contribution < 1.29 is 14.7 Å². The van der Waals surface area contributed by atoms with E-state index in [1.807, 2.05) is 0 Å². The lowest BCUT2D eigenvalue weighted by molar-refractivity contribution is -0.137. The molecule has 0 unspecified atom stereocenters. The first-order chi connectivity index (χ1) is 11.6. The fraction of sp³-hybridized carbons (Fsp3) is 0.800. The van der Waals surface area contributed by atoms with E-state index in [2.05, 4.69) is 12.2 Å². The van der Waals surface area contributed by atoms with E-state index in [1.165, 1.54) is 19.3 Å². The Balaban J connectivity index is 2.17. The fourth-order valence-electron chi connectivity index (χ4n) is 3.51. The van der Waals surface area contributed by atoms with E-state index in [0.29, 0.717) is 11.7 Å². The highest BCUT2D eigenvalue weighted by Crippen LogP contribution is 2.34. The predicted molar refractivity (Wildman–Crippen MR) is 99.5 cm³/mol. The summed E-state index contributed by atoms with van der Waals surface area (Å²) in [5.41, 5.74) is 0. The van der Waals surface area contributed by atoms with Gasteiger partial charge in [-0.25, -0.2) is 0 Å². The molecule has 0 amide bonds. The summed E-state index contributed by atoms with van der Waals surface area (Å²) in [5, 5.41) is 8.62. The zero-order valence-electron chi connectivity index (χ0n) is 14.9. The van der Waals surface area contributed by atoms with Gasteiger partial charge in [-0.05, 0) is 44.4 Å². The van der Waals surface area contributed by atoms with Gasteiger partial charge in [-0.15, -0.1) is 11.6 Å². The second-order valence-corrected chi connectivity index (χ2v) is 7.32. The summed E-state index contributed by atoms with van der Waals surface area (Å²) >= 11 is 5.67. The van der Waals surface area contributed by atoms with Gasteiger partial charge in [-0.1, -0.05) is 44.3 Å². The van der Waals surface area contributed by atoms with Crippen molar-refractivity contribution in [2.45, 2.75) is 83.5 Å². The van der Waals surface area contributed by atoms with Gasteiger partial charge in [0.15, 0.2) is 0 Å². The molecule has 1 fully saturated rings. The number of carboxylic acids is 1. The second-order valence-electron chi connectivity index (χ2n) is 6.94. The summed E-state index contributed by atoms with van der Waals surface area (Å²) < 4.78 is 0. The highest BCUT2D eigenvalue weighted by molar-refractivity contribution is 6.17. The van der Waals surface area contributed by atoms with Crippen molar-refractivity contribution in [3.8, 4) is 0 Å². The number of aliphatic carboxylic acids is 1. The maximum absolute atomic E-state index is 12.1. The van der Waals surface area contributed by atoms with E-state index < -0.39 is 5.97 Å². The van der Waals surface area contributed by atoms with Crippen molar-refractivity contribution in [3.63, 3.8) is 0 Å². The van der Waals surface area contributed by atoms with Gasteiger partial charge < -0.3 is 5.11 Å². The highest BCUT2D eigenvalue weighted by atomic mass is 35.5. The van der Waals surface area contributed by atoms with Crippen LogP contribution in [0.5, 0.6) is 0 Å². The topological polar surface area (TPSA) is 54.4 Å². The number of carbonyl (C=O) groups is 2. The smallest absolute Gasteiger partial charge is 0.303 e. The number of hydrogen-bond acceptors (Lipinski definition) is 2. The number of allylic oxidation sites excluding steroid dienone is 2. The third kappa shape index (κ3) is 9.46. The monoisotopic (exact) mass is 356 g/mol. The molecule has 2 atom stereocenters. The van der Waals surface area contributed by atoms with Crippen LogP contribution in [0.15, 0.2) is 12.2 Å². The lowest BCUT2D eigenvalue weighted by Crippen LogP contribution is -2.13. The molecule has 4 heteroatoms. The zero-order chi connectivity index (χ0) is 17.6. The Morgan fingerprint density at radius 1 is 1.08 bits per heavy atom. The minimum Gasteiger partial charge on any atom is -0.481 e. The summed E-state index contributed by atoms with van der Waals surface area (Å²) in [6.07, 6.45) is 17.2. The van der Waals surface area contributed by atoms with Crippen molar-refractivity contribution in [1.82, 2.24) is 0 Å². The normalized spacial score (nSPS) is 21.0. The zero-order valence-corrected chi connectivity index (χ0v) is 15.6. The first-order valence-electron chi connectivity index (χ1n) is 9.62. The van der Waals surface area contributed by atoms with Crippen LogP contribution in [0, 0.1) is 11.8 Å². The van der Waals surface area contributed by atoms with E-state index in [-0.39, 0.29) is 12.3 Å². The molecule has 1 N–H and O–H groups in total. The lowest BCUT2D eigenvalue weighted by atomic mass is 9.89. The number of rotatable bonds is 14. The largest absolute Gasteiger partial charge is 0.481 e. The Labute approximate surface area is 151 Å². The van der Waals surface area contributed by atoms with E-state index >= 15 is 0 Å². The number of ketones is 1. The fourth-order valence-corrected chi connectivity index (χ4v) is 3.70. The molecule has 24 heavy (non-hydrogen) atoms. The van der Waals surface area contributed by atoms with Crippen LogP contribution in [0.2, 0.25) is 0 Å². The highest BCUT2D eigenvalue weighted by Gasteiger charge is 2.31. The van der Waals surface area contributed by atoms with Gasteiger partial charge in [0.2, 0.25) is 0 Å². The third-order valence-electron chi connectivity index (χ3n) is 4.95. The number of halogens is 1. The molecule has 0 aromatic rings. The molecule has 0 aliphatic heterocycles. The average molecular weight is 357 g/mol. The maximum atomic E-state index is 12.1. The number of alkyl halides is 1. The first kappa shape index (κ1) is 21.2. The summed E-state index contributed by atoms with van der Waals surface area (Å²) in [4.78, 5) is 22.5. The van der Waals surface area contributed by atoms with Gasteiger partial charge in [-0.3, -0.25) is 9.59 Å². The molecule has 0 bridgehead atoms. The molecule has 1 rings (SSSR count). The van der Waals surface area contributed by atoms with Crippen LogP contribution in [-0.4, -0.2) is 22.7 Å². The molecule has 138 valence electrons. The molecule has 0 heterocycles. The Bertz CT molecular complexity index is 392. The van der Waals surface area contributed by atoms with Gasteiger partial charge in [0.05, 0.1) is 0 Å². The van der Waals surface area contributed by atoms with Gasteiger partial charge >= 0.3 is 5.97 Å². The van der Waals surface area contributed by atoms with Gasteiger partial charge in [-0.2, -0.15) is 0 Å². The van der Waals surface area contributed by atoms with Crippen LogP contribution in [0.3, 0.4) is 0 Å². The molecule has 0 saturated heterocycles. The van der Waals surface area contributed by atoms with E-state index in [1.54, 1.807) is 0 Å². The number of hydrogen-bond donors (Lipinski definition) is 1. The van der Waals surface area contributed by atoms with Crippen LogP contribution in [0.25, 0.3) is 0 Å². The van der Waals surface area contributed by atoms with Crippen LogP contribution >= 0.6 is 11.6 Å². The van der Waals surface area contributed by atoms with E-state index in [4.69, 9.17) is 16.7 Å². The van der Waals surface area contributed by atoms with Crippen molar-refractivity contribution in [2.24, 2.45) is 11.8 Å². The summed E-state index contributed by atoms with van der Waals surface area (Å²) in [7, 11) is 0. The van der Waals surface area contributed by atoms with Crippen LogP contribution in [0.4, 0.5) is 0 Å². The standard InChI is InChI=1S/C20H33ClO3/c21-16-10-6-2-1-3-7-11-17-14-15-19(22)18(17)12-8-4-5-9-13-20(23)24/h7,11,17-18H,1-6,8-10,12-16H2,(H,23,24)/t17-,18+/m0/s1. The molecule has 0 radical (unpaired) electrons. The Hall–Kier alpha value is -0.830. The van der Waals surface area contributed by atoms with E-state index in [0.717, 1.165) is 63.7 Å². The molecule has 1 saturated carbocycles. The van der Waals surface area contributed by atoms with Crippen LogP contribution < -0.4 is 0 Å². The SMILES string of the molecule is O=C(O)CCCCCC[C@H]1C(=O)CC[C@@H]1C=CCCCCCCCl. The Morgan fingerprint density at radius 3 is 2.54 bits per heavy atom. The molecule has 0 aromatic heterocycles. The van der Waals surface area contributed by atoms with Crippen molar-refractivity contribution in [3.05, 3.63) is 12.2 Å². The lowest BCUT2D eigenvalue weighted by Gasteiger charge is -2.14. The number of carbonyl (C=O) groups excluding carboxylic acids is 1. The van der Waals surface area contributed by atoms with Crippen molar-refractivity contribution >= 4 is 23.4 Å². The molecule has 1 aliphatic carbocycles. The summed E-state index contributed by atoms with van der Waals surface area (Å²) in [6.45, 7) is 0. The molecule has 3 nitrogen and oxygen atoms in total. The molecule has 0 spiro atoms. The first-order valence-corrected chi connectivity index (χ1v) is 10.2. The number of unbranched alkanes of at least 4 members (excludes halogenated alkanes) is 7. The van der Waals surface area contributed by atoms with Gasteiger partial charge in [0, 0.05) is 24.6 Å². The Kier molecular flexibility index (Phi) is 11.9. The molecule has 0 aromatic carbocycles. The summed E-state index contributed by atoms with van der Waals surface area (Å²) in [6, 6.07) is 0. The van der Waals surface area contributed by atoms with E-state index in [9.17, 15) is 9.59 Å². The van der Waals surface area contributed by atoms with Gasteiger partial charge in [0.25, 0.3) is 0 Å². The third-order valence-corrected chi connectivity index (χ3v) is 5.22. The minimum atomic E-state index is -0.714. The predicted octanol–water partition coefficient (Wildman–Crippen LogP) is 5.75. The average Bonchev–Trinajstić information content (AvgIpc) is 2.90. The maximum Gasteiger partial charge on any atom is 0.303 e. The quantitative estimate of drug-likeness (QED) is 0.245. The van der Waals surface area contributed by atoms with Crippen LogP contribution in [0.1, 0.15) is 83.5 Å². The van der Waals surface area contributed by atoms with Gasteiger partial charge in [0.1, 0.15) is 5.78 Å². The molecule has 1 aliphatic rings. The molecular formula is C20H33ClO3. The number of Topliss-reactive ketones (excluding diaryl/α,β-unsaturated/α-hetero) is 1. The second kappa shape index (κ2) is 13.5. The van der Waals surface area contributed by atoms with Crippen molar-refractivity contribution in [1.29, 1.82) is 0 Å². The Morgan fingerprint density at radius 2 is 1.79 bits per heavy atom. The molecular weight excluding hydrogens is 324 g/mol. The van der Waals surface area contributed by atoms with Crippen molar-refractivity contribution in [2.75, 3.05) is 5.88 Å². The summed E-state index contributed by atoms with van der Waals surface area (Å²) in [5.74, 6) is 1.11. The number of carboxylic acid groups (broad SMARTS) is 1. The minimum absolute atomic E-state index is 0.206. The van der Waals surface area contributed by atoms with Crippen LogP contribution in [-0.2, 0) is 9.59 Å².